The van der Waals surface area contributed by atoms with Crippen molar-refractivity contribution in [3.05, 3.63) is 0 Å². The Bertz CT molecular complexity index is 9.80. The average Bonchev–Trinajstić information content (AvgIpc) is 0. The van der Waals surface area contributed by atoms with Gasteiger partial charge in [-0.1, -0.05) is 0 Å². The third-order valence-electron chi connectivity index (χ3n) is 0. The summed E-state index contributed by atoms with van der Waals surface area (Å²) in [6, 6.07) is 0. The zero-order valence-electron chi connectivity index (χ0n) is 7.89. The number of hydrogen-bond donors (Lipinski definition) is 10. The highest BCUT2D eigenvalue weighted by Gasteiger charge is -0.114. The van der Waals surface area contributed by atoms with Crippen molar-refractivity contribution < 1.29 is 0 Å². The van der Waals surface area contributed by atoms with Crippen molar-refractivity contribution in [2.45, 2.75) is 0 Å². The van der Waals surface area contributed by atoms with Crippen molar-refractivity contribution in [1.29, 1.82) is 0 Å². The first-order chi connectivity index (χ1) is 0. The molecule has 0 fully saturated rings. The Hall–Kier alpha value is 0.370. The Kier molecular flexibility index (Phi) is 8690000. The van der Waals surface area contributed by atoms with Gasteiger partial charge < -0.3 is 61.5 Å². The molecule has 0 aromatic carbocycles. The molecule has 0 heterocycles. The van der Waals surface area contributed by atoms with E-state index >= 15 is 0 Å². The molecular weight excluding hydrogens is 255 g/mol. The van der Waals surface area contributed by atoms with Gasteiger partial charge in [0.05, 0.1) is 0 Å². The number of hydrogen-bond acceptors (Lipinski definition) is 10. The second kappa shape index (κ2) is 8930. The summed E-state index contributed by atoms with van der Waals surface area (Å²) in [5, 5.41) is 0. The molecule has 0 radical (unpaired) electrons. The zero-order valence-corrected chi connectivity index (χ0v) is 10.4. The molecule has 0 amide bonds. The molecule has 96 valence electrons. The molecule has 0 unspecified atom stereocenters. The van der Waals surface area contributed by atoms with Crippen molar-refractivity contribution in [2.75, 3.05) is 0 Å². The molecule has 0 rings (SSSR count). The molecule has 0 bridgehead atoms. The van der Waals surface area contributed by atoms with Gasteiger partial charge in [0.1, 0.15) is 0 Å². The van der Waals surface area contributed by atoms with E-state index in [0.717, 1.165) is 0 Å². The molecule has 0 spiro atoms. The summed E-state index contributed by atoms with van der Waals surface area (Å²) in [5.41, 5.74) is 0. The summed E-state index contributed by atoms with van der Waals surface area (Å²) in [5.74, 6) is 0. The Balaban J connectivity index is 0. The first-order valence-electron chi connectivity index (χ1n) is 0. The largest absolute Gasteiger partial charge is 0.344 e. The van der Waals surface area contributed by atoms with Gasteiger partial charge in [-0.3, -0.25) is 0 Å². The van der Waals surface area contributed by atoms with Crippen molar-refractivity contribution >= 4 is 29.4 Å². The maximum atomic E-state index is 0. The predicted octanol–water partition coefficient (Wildman–Crippen LogP) is 2.62. The molecule has 10 nitrogen and oxygen atoms in total. The summed E-state index contributed by atoms with van der Waals surface area (Å²) in [6.45, 7) is 0. The summed E-state index contributed by atoms with van der Waals surface area (Å²) < 4.78 is 0. The molecular formula is H32BrClN10. The van der Waals surface area contributed by atoms with E-state index < -0.39 is 0 Å². The fourth-order valence-electron chi connectivity index (χ4n) is 0. The van der Waals surface area contributed by atoms with Gasteiger partial charge in [0.25, 0.3) is 0 Å². The molecule has 0 aliphatic carbocycles. The molecule has 0 atom stereocenters. The third-order valence-corrected chi connectivity index (χ3v) is 0. The van der Waals surface area contributed by atoms with Crippen LogP contribution in [0.15, 0.2) is 0 Å². The first-order valence-corrected chi connectivity index (χ1v) is 0. The Morgan fingerprint density at radius 2 is 0.250 bits per heavy atom. The minimum Gasteiger partial charge on any atom is -0.344 e. The second-order valence-corrected chi connectivity index (χ2v) is 0. The lowest BCUT2D eigenvalue weighted by Crippen LogP contribution is -0.482. The Morgan fingerprint density at radius 3 is 0.250 bits per heavy atom. The number of halogens is 2. The quantitative estimate of drug-likeness (QED) is 0.309. The minimum atomic E-state index is 0. The normalized spacial score (nSPS) is 0. The van der Waals surface area contributed by atoms with E-state index in [4.69, 9.17) is 0 Å². The van der Waals surface area contributed by atoms with Crippen molar-refractivity contribution in [2.24, 2.45) is 0 Å². The van der Waals surface area contributed by atoms with Crippen LogP contribution in [0, 0.1) is 0 Å². The van der Waals surface area contributed by atoms with Crippen LogP contribution in [0.3, 0.4) is 0 Å². The molecule has 30 N–H and O–H groups in total. The van der Waals surface area contributed by atoms with Gasteiger partial charge in [-0.25, -0.2) is 0 Å². The number of rotatable bonds is 0. The van der Waals surface area contributed by atoms with Gasteiger partial charge in [0.2, 0.25) is 0 Å². The van der Waals surface area contributed by atoms with E-state index in [2.05, 4.69) is 0 Å². The summed E-state index contributed by atoms with van der Waals surface area (Å²) in [4.78, 5) is 0. The van der Waals surface area contributed by atoms with Gasteiger partial charge >= 0.3 is 0 Å². The standard InChI is InChI=1S/BrH.ClH.10H3N/h2*1H;10*1H3. The van der Waals surface area contributed by atoms with Crippen LogP contribution in [0.5, 0.6) is 0 Å². The van der Waals surface area contributed by atoms with Crippen LogP contribution in [0.1, 0.15) is 0 Å². The topological polar surface area (TPSA) is 350 Å². The van der Waals surface area contributed by atoms with E-state index in [1.54, 1.807) is 0 Å². The second-order valence-electron chi connectivity index (χ2n) is 0. The fourth-order valence-corrected chi connectivity index (χ4v) is 0. The van der Waals surface area contributed by atoms with E-state index in [-0.39, 0.29) is 90.9 Å². The van der Waals surface area contributed by atoms with Gasteiger partial charge in [-0.2, -0.15) is 0 Å². The lowest BCUT2D eigenvalue weighted by Gasteiger charge is -0.345. The van der Waals surface area contributed by atoms with Crippen molar-refractivity contribution in [3.63, 3.8) is 0 Å². The van der Waals surface area contributed by atoms with E-state index in [9.17, 15) is 0 Å². The van der Waals surface area contributed by atoms with E-state index in [0.29, 0.717) is 0 Å². The van der Waals surface area contributed by atoms with Crippen molar-refractivity contribution in [1.82, 2.24) is 61.5 Å². The lowest BCUT2D eigenvalue weighted by molar-refractivity contribution is 2.13. The van der Waals surface area contributed by atoms with Crippen molar-refractivity contribution in [3.8, 4) is 0 Å². The summed E-state index contributed by atoms with van der Waals surface area (Å²) in [7, 11) is 0. The lowest BCUT2D eigenvalue weighted by atomic mass is 14.0. The van der Waals surface area contributed by atoms with Gasteiger partial charge in [0.15, 0.2) is 0 Å². The molecule has 12 heavy (non-hydrogen) atoms. The predicted molar refractivity (Wildman–Crippen MR) is 67.8 cm³/mol. The van der Waals surface area contributed by atoms with Crippen LogP contribution in [0.2, 0.25) is 0 Å². The van der Waals surface area contributed by atoms with Crippen LogP contribution in [0.4, 0.5) is 0 Å². The Labute approximate surface area is 91.4 Å². The maximum Gasteiger partial charge on any atom is -0.114 e. The summed E-state index contributed by atoms with van der Waals surface area (Å²) in [6.07, 6.45) is 0. The molecule has 0 aliphatic rings. The zero-order chi connectivity index (χ0) is 0. The minimum absolute atomic E-state index is 0. The van der Waals surface area contributed by atoms with Gasteiger partial charge in [-0.05, 0) is 0 Å². The SMILES string of the molecule is Br.Cl.N.N.N.N.N.N.N.N.N.N. The van der Waals surface area contributed by atoms with E-state index in [1.165, 1.54) is 0 Å². The Morgan fingerprint density at radius 1 is 0.250 bits per heavy atom. The van der Waals surface area contributed by atoms with Gasteiger partial charge in [0, 0.05) is 0 Å². The molecule has 0 saturated heterocycles. The van der Waals surface area contributed by atoms with Crippen LogP contribution < -0.4 is 61.5 Å². The monoisotopic (exact) mass is 286 g/mol. The van der Waals surface area contributed by atoms with Gasteiger partial charge in [-0.15, -0.1) is 29.4 Å². The molecule has 0 aromatic heterocycles. The van der Waals surface area contributed by atoms with Crippen LogP contribution in [-0.4, -0.2) is 0 Å². The third kappa shape index (κ3) is 6650. The highest BCUT2D eigenvalue weighted by molar-refractivity contribution is 8.93. The highest BCUT2D eigenvalue weighted by Crippen LogP contribution is 0.846. The summed E-state index contributed by atoms with van der Waals surface area (Å²) >= 11 is 0. The molecule has 0 saturated carbocycles. The molecule has 0 aliphatic heterocycles. The fraction of sp³-hybridized carbons (Fsp3) is 0. The average molecular weight is 288 g/mol. The molecule has 12 heteroatoms. The highest BCUT2D eigenvalue weighted by atomic mass is 79.9. The van der Waals surface area contributed by atoms with Crippen LogP contribution in [-0.2, 0) is 0 Å². The van der Waals surface area contributed by atoms with E-state index in [1.807, 2.05) is 0 Å². The first kappa shape index (κ1) is 11700. The van der Waals surface area contributed by atoms with Crippen LogP contribution in [0.25, 0.3) is 0 Å². The smallest absolute Gasteiger partial charge is 0.114 e. The van der Waals surface area contributed by atoms with Crippen LogP contribution >= 0.6 is 29.4 Å². The maximum absolute atomic E-state index is 0. The molecule has 0 aromatic rings.